The molecular formula is C14H16N4O2. The standard InChI is InChI=1S/C14H16N4O2/c1-15-13-7-6-12(17-18-13)14(20)16-11-4-2-10(3-5-11)8-9-19/h2-7,19H,8-9H2,1H3,(H,15,18)(H,16,20). The number of aromatic nitrogens is 2. The summed E-state index contributed by atoms with van der Waals surface area (Å²) in [7, 11) is 1.73. The lowest BCUT2D eigenvalue weighted by atomic mass is 10.1. The van der Waals surface area contributed by atoms with E-state index in [1.807, 2.05) is 12.1 Å². The van der Waals surface area contributed by atoms with E-state index in [2.05, 4.69) is 20.8 Å². The van der Waals surface area contributed by atoms with Crippen LogP contribution in [0.5, 0.6) is 0 Å². The Labute approximate surface area is 116 Å². The van der Waals surface area contributed by atoms with Gasteiger partial charge in [0, 0.05) is 19.3 Å². The lowest BCUT2D eigenvalue weighted by Crippen LogP contribution is -2.14. The summed E-state index contributed by atoms with van der Waals surface area (Å²) in [6, 6.07) is 10.6. The molecule has 0 saturated heterocycles. The normalized spacial score (nSPS) is 10.1. The molecule has 0 atom stereocenters. The number of carbonyl (C=O) groups is 1. The highest BCUT2D eigenvalue weighted by atomic mass is 16.2. The third-order valence-corrected chi connectivity index (χ3v) is 2.77. The molecule has 0 radical (unpaired) electrons. The number of benzene rings is 1. The Balaban J connectivity index is 2.02. The number of nitrogens with zero attached hydrogens (tertiary/aromatic N) is 2. The van der Waals surface area contributed by atoms with Crippen LogP contribution in [0.4, 0.5) is 11.5 Å². The number of aliphatic hydroxyl groups excluding tert-OH is 1. The molecule has 1 aromatic carbocycles. The maximum Gasteiger partial charge on any atom is 0.276 e. The maximum atomic E-state index is 12.0. The minimum Gasteiger partial charge on any atom is -0.396 e. The summed E-state index contributed by atoms with van der Waals surface area (Å²) in [5, 5.41) is 22.1. The lowest BCUT2D eigenvalue weighted by Gasteiger charge is -2.06. The molecule has 0 aliphatic rings. The highest BCUT2D eigenvalue weighted by Crippen LogP contribution is 2.11. The number of hydrogen-bond acceptors (Lipinski definition) is 5. The van der Waals surface area contributed by atoms with Crippen LogP contribution in [-0.4, -0.2) is 34.9 Å². The Morgan fingerprint density at radius 1 is 1.15 bits per heavy atom. The van der Waals surface area contributed by atoms with E-state index in [9.17, 15) is 4.79 Å². The topological polar surface area (TPSA) is 87.1 Å². The zero-order valence-corrected chi connectivity index (χ0v) is 11.1. The van der Waals surface area contributed by atoms with Crippen LogP contribution in [0.2, 0.25) is 0 Å². The van der Waals surface area contributed by atoms with E-state index >= 15 is 0 Å². The molecule has 2 rings (SSSR count). The van der Waals surface area contributed by atoms with Crippen molar-refractivity contribution >= 4 is 17.4 Å². The van der Waals surface area contributed by atoms with Crippen LogP contribution in [-0.2, 0) is 6.42 Å². The van der Waals surface area contributed by atoms with Gasteiger partial charge in [-0.25, -0.2) is 0 Å². The van der Waals surface area contributed by atoms with E-state index in [4.69, 9.17) is 5.11 Å². The van der Waals surface area contributed by atoms with Gasteiger partial charge in [0.1, 0.15) is 5.82 Å². The van der Waals surface area contributed by atoms with Crippen molar-refractivity contribution in [3.63, 3.8) is 0 Å². The summed E-state index contributed by atoms with van der Waals surface area (Å²) < 4.78 is 0. The van der Waals surface area contributed by atoms with Crippen molar-refractivity contribution in [1.29, 1.82) is 0 Å². The van der Waals surface area contributed by atoms with Crippen LogP contribution in [0, 0.1) is 0 Å². The summed E-state index contributed by atoms with van der Waals surface area (Å²) in [6.45, 7) is 0.110. The molecule has 1 amide bonds. The van der Waals surface area contributed by atoms with Crippen molar-refractivity contribution in [2.45, 2.75) is 6.42 Å². The summed E-state index contributed by atoms with van der Waals surface area (Å²) in [5.74, 6) is 0.296. The quantitative estimate of drug-likeness (QED) is 0.763. The van der Waals surface area contributed by atoms with Crippen LogP contribution < -0.4 is 10.6 Å². The van der Waals surface area contributed by atoms with Gasteiger partial charge in [-0.15, -0.1) is 10.2 Å². The van der Waals surface area contributed by atoms with Gasteiger partial charge in [0.05, 0.1) is 0 Å². The molecule has 20 heavy (non-hydrogen) atoms. The van der Waals surface area contributed by atoms with Gasteiger partial charge in [-0.3, -0.25) is 4.79 Å². The van der Waals surface area contributed by atoms with Crippen LogP contribution in [0.25, 0.3) is 0 Å². The molecule has 104 valence electrons. The summed E-state index contributed by atoms with van der Waals surface area (Å²) in [4.78, 5) is 12.0. The molecule has 0 bridgehead atoms. The number of carbonyl (C=O) groups excluding carboxylic acids is 1. The Bertz CT molecular complexity index is 567. The summed E-state index contributed by atoms with van der Waals surface area (Å²) in [5.41, 5.74) is 1.95. The molecule has 0 spiro atoms. The van der Waals surface area contributed by atoms with E-state index in [-0.39, 0.29) is 18.2 Å². The van der Waals surface area contributed by atoms with Crippen molar-refractivity contribution in [3.05, 3.63) is 47.7 Å². The van der Waals surface area contributed by atoms with E-state index in [1.165, 1.54) is 0 Å². The van der Waals surface area contributed by atoms with Gasteiger partial charge >= 0.3 is 0 Å². The largest absolute Gasteiger partial charge is 0.396 e. The Kier molecular flexibility index (Phi) is 4.62. The lowest BCUT2D eigenvalue weighted by molar-refractivity contribution is 0.102. The molecule has 0 aliphatic heterocycles. The van der Waals surface area contributed by atoms with Gasteiger partial charge in [-0.2, -0.15) is 0 Å². The minimum atomic E-state index is -0.310. The second kappa shape index (κ2) is 6.63. The van der Waals surface area contributed by atoms with Gasteiger partial charge in [-0.05, 0) is 36.2 Å². The fourth-order valence-corrected chi connectivity index (χ4v) is 1.67. The molecule has 1 heterocycles. The van der Waals surface area contributed by atoms with Crippen molar-refractivity contribution in [3.8, 4) is 0 Å². The fraction of sp³-hybridized carbons (Fsp3) is 0.214. The van der Waals surface area contributed by atoms with E-state index in [0.717, 1.165) is 5.56 Å². The predicted molar refractivity (Wildman–Crippen MR) is 76.8 cm³/mol. The predicted octanol–water partition coefficient (Wildman–Crippen LogP) is 1.31. The SMILES string of the molecule is CNc1ccc(C(=O)Nc2ccc(CCO)cc2)nn1. The Morgan fingerprint density at radius 2 is 1.90 bits per heavy atom. The second-order valence-corrected chi connectivity index (χ2v) is 4.18. The van der Waals surface area contributed by atoms with E-state index in [0.29, 0.717) is 17.9 Å². The number of amides is 1. The fourth-order valence-electron chi connectivity index (χ4n) is 1.67. The molecule has 1 aromatic heterocycles. The number of rotatable bonds is 5. The van der Waals surface area contributed by atoms with Gasteiger partial charge in [-0.1, -0.05) is 12.1 Å². The maximum absolute atomic E-state index is 12.0. The molecule has 6 nitrogen and oxygen atoms in total. The van der Waals surface area contributed by atoms with Gasteiger partial charge in [0.25, 0.3) is 5.91 Å². The monoisotopic (exact) mass is 272 g/mol. The Morgan fingerprint density at radius 3 is 2.45 bits per heavy atom. The average molecular weight is 272 g/mol. The van der Waals surface area contributed by atoms with E-state index in [1.54, 1.807) is 31.3 Å². The van der Waals surface area contributed by atoms with Crippen LogP contribution in [0.3, 0.4) is 0 Å². The first-order valence-corrected chi connectivity index (χ1v) is 6.25. The number of hydrogen-bond donors (Lipinski definition) is 3. The van der Waals surface area contributed by atoms with Crippen molar-refractivity contribution < 1.29 is 9.90 Å². The molecule has 2 aromatic rings. The van der Waals surface area contributed by atoms with Crippen LogP contribution in [0.1, 0.15) is 16.1 Å². The first kappa shape index (κ1) is 14.0. The average Bonchev–Trinajstić information content (AvgIpc) is 2.49. The molecule has 0 unspecified atom stereocenters. The van der Waals surface area contributed by atoms with E-state index < -0.39 is 0 Å². The number of nitrogens with one attached hydrogen (secondary N) is 2. The molecular weight excluding hydrogens is 256 g/mol. The summed E-state index contributed by atoms with van der Waals surface area (Å²) in [6.07, 6.45) is 0.602. The van der Waals surface area contributed by atoms with Gasteiger partial charge < -0.3 is 15.7 Å². The number of anilines is 2. The second-order valence-electron chi connectivity index (χ2n) is 4.18. The van der Waals surface area contributed by atoms with Crippen molar-refractivity contribution in [1.82, 2.24) is 10.2 Å². The highest BCUT2D eigenvalue weighted by molar-refractivity contribution is 6.02. The zero-order valence-electron chi connectivity index (χ0n) is 11.1. The molecule has 3 N–H and O–H groups in total. The molecule has 0 fully saturated rings. The summed E-state index contributed by atoms with van der Waals surface area (Å²) >= 11 is 0. The molecule has 0 saturated carbocycles. The van der Waals surface area contributed by atoms with Crippen LogP contribution in [0.15, 0.2) is 36.4 Å². The first-order chi connectivity index (χ1) is 9.72. The minimum absolute atomic E-state index is 0.110. The Hall–Kier alpha value is -2.47. The first-order valence-electron chi connectivity index (χ1n) is 6.25. The third-order valence-electron chi connectivity index (χ3n) is 2.77. The van der Waals surface area contributed by atoms with Crippen molar-refractivity contribution in [2.75, 3.05) is 24.3 Å². The van der Waals surface area contributed by atoms with Crippen LogP contribution >= 0.6 is 0 Å². The smallest absolute Gasteiger partial charge is 0.276 e. The third kappa shape index (κ3) is 3.52. The zero-order chi connectivity index (χ0) is 14.4. The molecule has 0 aliphatic carbocycles. The van der Waals surface area contributed by atoms with Gasteiger partial charge in [0.2, 0.25) is 0 Å². The molecule has 6 heteroatoms. The highest BCUT2D eigenvalue weighted by Gasteiger charge is 2.08. The number of aliphatic hydroxyl groups is 1. The van der Waals surface area contributed by atoms with Gasteiger partial charge in [0.15, 0.2) is 5.69 Å². The van der Waals surface area contributed by atoms with Crippen molar-refractivity contribution in [2.24, 2.45) is 0 Å².